The number of rotatable bonds is 4. The average molecular weight is 442 g/mol. The number of aryl methyl sites for hydroxylation is 3. The molecule has 0 radical (unpaired) electrons. The summed E-state index contributed by atoms with van der Waals surface area (Å²) in [5.41, 5.74) is 5.01. The number of anilines is 1. The summed E-state index contributed by atoms with van der Waals surface area (Å²) in [5.74, 6) is -0.197. The Morgan fingerprint density at radius 2 is 1.90 bits per heavy atom. The highest BCUT2D eigenvalue weighted by Crippen LogP contribution is 2.33. The summed E-state index contributed by atoms with van der Waals surface area (Å²) in [5, 5.41) is 4.75. The molecule has 1 aromatic carbocycles. The van der Waals surface area contributed by atoms with Crippen LogP contribution in [-0.2, 0) is 10.0 Å². The number of fused-ring (bicyclic) bond motifs is 1. The Balaban J connectivity index is 1.74. The van der Waals surface area contributed by atoms with Crippen molar-refractivity contribution in [2.45, 2.75) is 46.1 Å². The largest absolute Gasteiger partial charge is 0.330 e. The summed E-state index contributed by atoms with van der Waals surface area (Å²) in [6.45, 7) is 6.41. The molecule has 164 valence electrons. The van der Waals surface area contributed by atoms with Crippen molar-refractivity contribution in [3.8, 4) is 0 Å². The van der Waals surface area contributed by atoms with Gasteiger partial charge >= 0.3 is 0 Å². The summed E-state index contributed by atoms with van der Waals surface area (Å²) in [7, 11) is -3.51. The van der Waals surface area contributed by atoms with E-state index in [1.54, 1.807) is 18.2 Å². The zero-order chi connectivity index (χ0) is 22.3. The first kappa shape index (κ1) is 21.3. The van der Waals surface area contributed by atoms with Crippen molar-refractivity contribution in [1.29, 1.82) is 0 Å². The number of amides is 1. The Hall–Kier alpha value is -2.94. The van der Waals surface area contributed by atoms with Gasteiger partial charge in [-0.1, -0.05) is 11.6 Å². The van der Waals surface area contributed by atoms with Crippen LogP contribution < -0.4 is 4.72 Å². The normalized spacial score (nSPS) is 17.2. The minimum atomic E-state index is -3.51. The van der Waals surface area contributed by atoms with Crippen LogP contribution >= 0.6 is 0 Å². The summed E-state index contributed by atoms with van der Waals surface area (Å²) in [6.07, 6.45) is 3.77. The fourth-order valence-electron chi connectivity index (χ4n) is 4.23. The number of aromatic nitrogens is 3. The van der Waals surface area contributed by atoms with Crippen LogP contribution in [0.2, 0.25) is 0 Å². The van der Waals surface area contributed by atoms with Crippen molar-refractivity contribution in [1.82, 2.24) is 19.5 Å². The van der Waals surface area contributed by atoms with Gasteiger partial charge in [-0.15, -0.1) is 0 Å². The zero-order valence-corrected chi connectivity index (χ0v) is 19.0. The lowest BCUT2D eigenvalue weighted by Crippen LogP contribution is -2.39. The summed E-state index contributed by atoms with van der Waals surface area (Å²) >= 11 is 0. The first-order valence-electron chi connectivity index (χ1n) is 10.4. The molecule has 0 spiro atoms. The highest BCUT2D eigenvalue weighted by atomic mass is 32.2. The molecule has 1 atom stereocenters. The van der Waals surface area contributed by atoms with Crippen molar-refractivity contribution >= 4 is 27.3 Å². The molecule has 0 aliphatic carbocycles. The summed E-state index contributed by atoms with van der Waals surface area (Å²) < 4.78 is 27.9. The maximum atomic E-state index is 13.6. The van der Waals surface area contributed by atoms with Gasteiger partial charge in [0.25, 0.3) is 5.91 Å². The number of hydrogen-bond donors (Lipinski definition) is 1. The number of hydrogen-bond acceptors (Lipinski definition) is 5. The quantitative estimate of drug-likeness (QED) is 0.669. The minimum Gasteiger partial charge on any atom is -0.330 e. The maximum absolute atomic E-state index is 13.6. The molecule has 3 heterocycles. The van der Waals surface area contributed by atoms with Crippen molar-refractivity contribution < 1.29 is 13.2 Å². The van der Waals surface area contributed by atoms with E-state index in [0.717, 1.165) is 53.8 Å². The fraction of sp³-hybridized carbons (Fsp3) is 0.409. The van der Waals surface area contributed by atoms with E-state index in [0.29, 0.717) is 17.8 Å². The van der Waals surface area contributed by atoms with Crippen LogP contribution in [0.5, 0.6) is 0 Å². The number of carbonyl (C=O) groups is 1. The first-order chi connectivity index (χ1) is 14.6. The second kappa shape index (κ2) is 7.96. The third-order valence-corrected chi connectivity index (χ3v) is 6.15. The Kier molecular flexibility index (Phi) is 5.47. The Bertz CT molecular complexity index is 1270. The molecule has 31 heavy (non-hydrogen) atoms. The third kappa shape index (κ3) is 4.41. The number of piperidine rings is 1. The van der Waals surface area contributed by atoms with Crippen molar-refractivity contribution in [3.05, 3.63) is 58.5 Å². The van der Waals surface area contributed by atoms with E-state index in [2.05, 4.69) is 9.71 Å². The Labute approximate surface area is 182 Å². The number of benzene rings is 1. The smallest absolute Gasteiger partial charge is 0.256 e. The standard InChI is InChI=1S/C22H27N5O3S/c1-14-8-9-18(25-31(4,29)30)17(11-14)22(28)26-10-6-5-7-20(26)19-13-21-23-15(2)12-16(3)27(21)24-19/h8-9,11-13,20,25H,5-7,10H2,1-4H3/t20-/m0/s1. The minimum absolute atomic E-state index is 0.186. The summed E-state index contributed by atoms with van der Waals surface area (Å²) in [6, 6.07) is 8.90. The van der Waals surface area contributed by atoms with Gasteiger partial charge in [0.05, 0.1) is 29.2 Å². The Morgan fingerprint density at radius 3 is 2.65 bits per heavy atom. The van der Waals surface area contributed by atoms with Crippen LogP contribution in [-0.4, -0.2) is 46.6 Å². The van der Waals surface area contributed by atoms with Crippen molar-refractivity contribution in [2.75, 3.05) is 17.5 Å². The van der Waals surface area contributed by atoms with Crippen LogP contribution in [0.3, 0.4) is 0 Å². The molecule has 1 fully saturated rings. The third-order valence-electron chi connectivity index (χ3n) is 5.56. The number of nitrogens with zero attached hydrogens (tertiary/aromatic N) is 4. The molecule has 3 aromatic rings. The van der Waals surface area contributed by atoms with Crippen LogP contribution in [0.15, 0.2) is 30.3 Å². The van der Waals surface area contributed by atoms with E-state index in [4.69, 9.17) is 5.10 Å². The second-order valence-electron chi connectivity index (χ2n) is 8.31. The molecule has 4 rings (SSSR count). The lowest BCUT2D eigenvalue weighted by Gasteiger charge is -2.35. The predicted molar refractivity (Wildman–Crippen MR) is 120 cm³/mol. The molecule has 1 N–H and O–H groups in total. The molecule has 1 aliphatic rings. The monoisotopic (exact) mass is 441 g/mol. The van der Waals surface area contributed by atoms with Gasteiger partial charge in [0, 0.05) is 24.0 Å². The lowest BCUT2D eigenvalue weighted by molar-refractivity contribution is 0.0606. The number of nitrogens with one attached hydrogen (secondary N) is 1. The van der Waals surface area contributed by atoms with Crippen LogP contribution in [0.1, 0.15) is 58.3 Å². The fourth-order valence-corrected chi connectivity index (χ4v) is 4.81. The molecule has 8 nitrogen and oxygen atoms in total. The lowest BCUT2D eigenvalue weighted by atomic mass is 9.97. The van der Waals surface area contributed by atoms with Crippen LogP contribution in [0.25, 0.3) is 5.65 Å². The van der Waals surface area contributed by atoms with Crippen molar-refractivity contribution in [3.63, 3.8) is 0 Å². The number of carbonyl (C=O) groups excluding carboxylic acids is 1. The first-order valence-corrected chi connectivity index (χ1v) is 12.2. The van der Waals surface area contributed by atoms with E-state index in [9.17, 15) is 13.2 Å². The number of likely N-dealkylation sites (tertiary alicyclic amines) is 1. The molecule has 0 unspecified atom stereocenters. The van der Waals surface area contributed by atoms with Crippen LogP contribution in [0, 0.1) is 20.8 Å². The molecule has 9 heteroatoms. The van der Waals surface area contributed by atoms with Gasteiger partial charge in [-0.2, -0.15) is 5.10 Å². The zero-order valence-electron chi connectivity index (χ0n) is 18.2. The van der Waals surface area contributed by atoms with E-state index in [1.807, 2.05) is 42.3 Å². The van der Waals surface area contributed by atoms with Gasteiger partial charge in [-0.3, -0.25) is 9.52 Å². The SMILES string of the molecule is Cc1ccc(NS(C)(=O)=O)c(C(=O)N2CCCC[C@H]2c2cc3nc(C)cc(C)n3n2)c1. The van der Waals surface area contributed by atoms with Gasteiger partial charge in [-0.25, -0.2) is 17.9 Å². The van der Waals surface area contributed by atoms with E-state index >= 15 is 0 Å². The van der Waals surface area contributed by atoms with Gasteiger partial charge in [0.1, 0.15) is 0 Å². The average Bonchev–Trinajstić information content (AvgIpc) is 3.12. The molecular formula is C22H27N5O3S. The highest BCUT2D eigenvalue weighted by Gasteiger charge is 2.32. The topological polar surface area (TPSA) is 96.7 Å². The predicted octanol–water partition coefficient (Wildman–Crippen LogP) is 3.39. The van der Waals surface area contributed by atoms with E-state index in [-0.39, 0.29) is 11.9 Å². The van der Waals surface area contributed by atoms with E-state index in [1.165, 1.54) is 0 Å². The van der Waals surface area contributed by atoms with Gasteiger partial charge in [0.2, 0.25) is 10.0 Å². The highest BCUT2D eigenvalue weighted by molar-refractivity contribution is 7.92. The molecular weight excluding hydrogens is 414 g/mol. The molecule has 0 bridgehead atoms. The Morgan fingerprint density at radius 1 is 1.13 bits per heavy atom. The second-order valence-corrected chi connectivity index (χ2v) is 10.1. The molecule has 1 aliphatic heterocycles. The molecule has 0 saturated carbocycles. The maximum Gasteiger partial charge on any atom is 0.256 e. The van der Waals surface area contributed by atoms with Crippen molar-refractivity contribution in [2.24, 2.45) is 0 Å². The molecule has 1 amide bonds. The van der Waals surface area contributed by atoms with E-state index < -0.39 is 10.0 Å². The van der Waals surface area contributed by atoms with Gasteiger partial charge in [-0.05, 0) is 58.2 Å². The van der Waals surface area contributed by atoms with Crippen LogP contribution in [0.4, 0.5) is 5.69 Å². The molecule has 2 aromatic heterocycles. The molecule has 1 saturated heterocycles. The summed E-state index contributed by atoms with van der Waals surface area (Å²) in [4.78, 5) is 20.0. The van der Waals surface area contributed by atoms with Gasteiger partial charge in [0.15, 0.2) is 5.65 Å². The number of sulfonamides is 1. The van der Waals surface area contributed by atoms with Gasteiger partial charge < -0.3 is 4.90 Å².